The molecule has 0 atom stereocenters. The van der Waals surface area contributed by atoms with Crippen molar-refractivity contribution in [2.45, 2.75) is 32.7 Å². The first-order valence-corrected chi connectivity index (χ1v) is 6.02. The molecule has 0 aliphatic rings. The third-order valence-corrected chi connectivity index (χ3v) is 2.74. The maximum Gasteiger partial charge on any atom is 0.218 e. The highest BCUT2D eigenvalue weighted by atomic mass is 15.4. The summed E-state index contributed by atoms with van der Waals surface area (Å²) in [5, 5.41) is 4.34. The maximum atomic E-state index is 5.79. The van der Waals surface area contributed by atoms with Crippen LogP contribution >= 0.6 is 0 Å². The predicted octanol–water partition coefficient (Wildman–Crippen LogP) is 2.06. The van der Waals surface area contributed by atoms with E-state index in [0.717, 1.165) is 31.6 Å². The molecule has 0 bridgehead atoms. The van der Waals surface area contributed by atoms with Gasteiger partial charge in [-0.25, -0.2) is 4.68 Å². The van der Waals surface area contributed by atoms with Crippen LogP contribution in [-0.2, 0) is 19.4 Å². The molecule has 0 fully saturated rings. The van der Waals surface area contributed by atoms with Crippen molar-refractivity contribution in [2.24, 2.45) is 0 Å². The Bertz CT molecular complexity index is 462. The number of rotatable bonds is 5. The van der Waals surface area contributed by atoms with Crippen LogP contribution in [-0.4, -0.2) is 14.8 Å². The first kappa shape index (κ1) is 11.6. The van der Waals surface area contributed by atoms with Crippen molar-refractivity contribution in [2.75, 3.05) is 5.73 Å². The van der Waals surface area contributed by atoms with Crippen molar-refractivity contribution >= 4 is 5.95 Å². The fourth-order valence-corrected chi connectivity index (χ4v) is 1.79. The van der Waals surface area contributed by atoms with Crippen LogP contribution in [0.25, 0.3) is 0 Å². The van der Waals surface area contributed by atoms with Gasteiger partial charge in [0.05, 0.1) is 0 Å². The van der Waals surface area contributed by atoms with Crippen LogP contribution in [0.5, 0.6) is 0 Å². The number of hydrogen-bond acceptors (Lipinski definition) is 3. The Labute approximate surface area is 101 Å². The van der Waals surface area contributed by atoms with Crippen molar-refractivity contribution < 1.29 is 0 Å². The van der Waals surface area contributed by atoms with Gasteiger partial charge in [-0.05, 0) is 18.4 Å². The van der Waals surface area contributed by atoms with Gasteiger partial charge >= 0.3 is 0 Å². The zero-order valence-electron chi connectivity index (χ0n) is 10.1. The lowest BCUT2D eigenvalue weighted by Crippen LogP contribution is -2.06. The average Bonchev–Trinajstić information content (AvgIpc) is 2.72. The summed E-state index contributed by atoms with van der Waals surface area (Å²) >= 11 is 0. The molecule has 1 aromatic carbocycles. The Kier molecular flexibility index (Phi) is 3.75. The maximum absolute atomic E-state index is 5.79. The van der Waals surface area contributed by atoms with E-state index in [1.807, 2.05) is 13.0 Å². The molecule has 1 aromatic heterocycles. The molecule has 0 saturated carbocycles. The van der Waals surface area contributed by atoms with Gasteiger partial charge in [-0.1, -0.05) is 37.3 Å². The van der Waals surface area contributed by atoms with Crippen molar-refractivity contribution in [1.82, 2.24) is 14.8 Å². The van der Waals surface area contributed by atoms with E-state index >= 15 is 0 Å². The lowest BCUT2D eigenvalue weighted by atomic mass is 10.1. The zero-order chi connectivity index (χ0) is 12.1. The second-order valence-electron chi connectivity index (χ2n) is 4.05. The first-order valence-electron chi connectivity index (χ1n) is 6.02. The molecule has 90 valence electrons. The number of nitrogens with two attached hydrogens (primary N) is 1. The first-order chi connectivity index (χ1) is 8.29. The van der Waals surface area contributed by atoms with Crippen LogP contribution in [0.1, 0.15) is 24.7 Å². The fourth-order valence-electron chi connectivity index (χ4n) is 1.79. The summed E-state index contributed by atoms with van der Waals surface area (Å²) in [7, 11) is 0. The summed E-state index contributed by atoms with van der Waals surface area (Å²) in [6.07, 6.45) is 2.90. The van der Waals surface area contributed by atoms with E-state index in [4.69, 9.17) is 5.73 Å². The lowest BCUT2D eigenvalue weighted by Gasteiger charge is -2.03. The van der Waals surface area contributed by atoms with Crippen LogP contribution in [0.15, 0.2) is 30.3 Å². The van der Waals surface area contributed by atoms with Crippen molar-refractivity contribution in [3.05, 3.63) is 41.7 Å². The minimum Gasteiger partial charge on any atom is -0.368 e. The Morgan fingerprint density at radius 1 is 1.24 bits per heavy atom. The molecule has 0 aliphatic heterocycles. The van der Waals surface area contributed by atoms with Crippen LogP contribution in [0.3, 0.4) is 0 Å². The number of hydrogen-bond donors (Lipinski definition) is 1. The molecule has 0 spiro atoms. The van der Waals surface area contributed by atoms with Gasteiger partial charge in [-0.15, -0.1) is 0 Å². The van der Waals surface area contributed by atoms with Gasteiger partial charge in [0.2, 0.25) is 5.95 Å². The third-order valence-electron chi connectivity index (χ3n) is 2.74. The predicted molar refractivity (Wildman–Crippen MR) is 68.6 cm³/mol. The Hall–Kier alpha value is -1.84. The molecular formula is C13H18N4. The number of benzene rings is 1. The highest BCUT2D eigenvalue weighted by Crippen LogP contribution is 2.06. The molecule has 17 heavy (non-hydrogen) atoms. The molecule has 0 saturated heterocycles. The molecule has 0 amide bonds. The van der Waals surface area contributed by atoms with Crippen molar-refractivity contribution in [3.8, 4) is 0 Å². The van der Waals surface area contributed by atoms with E-state index in [0.29, 0.717) is 5.95 Å². The number of nitrogens with zero attached hydrogens (tertiary/aromatic N) is 3. The topological polar surface area (TPSA) is 56.7 Å². The van der Waals surface area contributed by atoms with Gasteiger partial charge in [0.1, 0.15) is 0 Å². The molecule has 1 heterocycles. The molecule has 0 unspecified atom stereocenters. The van der Waals surface area contributed by atoms with Gasteiger partial charge in [-0.3, -0.25) is 0 Å². The molecule has 0 radical (unpaired) electrons. The van der Waals surface area contributed by atoms with Gasteiger partial charge in [0.25, 0.3) is 0 Å². The molecule has 4 heteroatoms. The Balaban J connectivity index is 1.88. The second-order valence-corrected chi connectivity index (χ2v) is 4.05. The van der Waals surface area contributed by atoms with Crippen LogP contribution in [0.4, 0.5) is 5.95 Å². The number of aromatic nitrogens is 3. The van der Waals surface area contributed by atoms with Crippen LogP contribution in [0, 0.1) is 0 Å². The van der Waals surface area contributed by atoms with Crippen LogP contribution < -0.4 is 5.73 Å². The van der Waals surface area contributed by atoms with E-state index in [1.165, 1.54) is 5.56 Å². The smallest absolute Gasteiger partial charge is 0.218 e. The SMILES string of the molecule is CCc1nc(N)n(CCCc2ccccc2)n1. The lowest BCUT2D eigenvalue weighted by molar-refractivity contribution is 0.579. The standard InChI is InChI=1S/C13H18N4/c1-2-12-15-13(14)17(16-12)10-6-9-11-7-4-3-5-8-11/h3-5,7-8H,2,6,9-10H2,1H3,(H2,14,15,16). The zero-order valence-corrected chi connectivity index (χ0v) is 10.1. The molecule has 0 aliphatic carbocycles. The average molecular weight is 230 g/mol. The normalized spacial score (nSPS) is 10.6. The third kappa shape index (κ3) is 3.06. The number of aryl methyl sites for hydroxylation is 3. The summed E-state index contributed by atoms with van der Waals surface area (Å²) in [6.45, 7) is 2.86. The molecule has 4 nitrogen and oxygen atoms in total. The summed E-state index contributed by atoms with van der Waals surface area (Å²) in [6, 6.07) is 10.4. The minimum absolute atomic E-state index is 0.523. The van der Waals surface area contributed by atoms with Gasteiger partial charge in [-0.2, -0.15) is 10.1 Å². The summed E-state index contributed by atoms with van der Waals surface area (Å²) in [5.41, 5.74) is 7.13. The molecular weight excluding hydrogens is 212 g/mol. The second kappa shape index (κ2) is 5.48. The summed E-state index contributed by atoms with van der Waals surface area (Å²) in [5.74, 6) is 1.34. The molecule has 2 N–H and O–H groups in total. The molecule has 2 rings (SSSR count). The van der Waals surface area contributed by atoms with E-state index in [1.54, 1.807) is 4.68 Å². The van der Waals surface area contributed by atoms with Gasteiger partial charge < -0.3 is 5.73 Å². The molecule has 2 aromatic rings. The number of nitrogen functional groups attached to an aromatic ring is 1. The van der Waals surface area contributed by atoms with Crippen molar-refractivity contribution in [3.63, 3.8) is 0 Å². The van der Waals surface area contributed by atoms with Crippen molar-refractivity contribution in [1.29, 1.82) is 0 Å². The summed E-state index contributed by atoms with van der Waals surface area (Å²) in [4.78, 5) is 4.18. The highest BCUT2D eigenvalue weighted by molar-refractivity contribution is 5.17. The monoisotopic (exact) mass is 230 g/mol. The largest absolute Gasteiger partial charge is 0.368 e. The van der Waals surface area contributed by atoms with Gasteiger partial charge in [0.15, 0.2) is 5.82 Å². The van der Waals surface area contributed by atoms with E-state index in [-0.39, 0.29) is 0 Å². The van der Waals surface area contributed by atoms with E-state index in [2.05, 4.69) is 34.3 Å². The fraction of sp³-hybridized carbons (Fsp3) is 0.385. The summed E-state index contributed by atoms with van der Waals surface area (Å²) < 4.78 is 1.79. The Morgan fingerprint density at radius 2 is 2.00 bits per heavy atom. The number of anilines is 1. The van der Waals surface area contributed by atoms with Gasteiger partial charge in [0, 0.05) is 13.0 Å². The highest BCUT2D eigenvalue weighted by Gasteiger charge is 2.04. The van der Waals surface area contributed by atoms with Crippen LogP contribution in [0.2, 0.25) is 0 Å². The minimum atomic E-state index is 0.523. The quantitative estimate of drug-likeness (QED) is 0.855. The Morgan fingerprint density at radius 3 is 2.65 bits per heavy atom. The van der Waals surface area contributed by atoms with E-state index < -0.39 is 0 Å². The van der Waals surface area contributed by atoms with E-state index in [9.17, 15) is 0 Å².